The highest BCUT2D eigenvalue weighted by molar-refractivity contribution is 6.90. The summed E-state index contributed by atoms with van der Waals surface area (Å²) in [4.78, 5) is 0. The third-order valence-electron chi connectivity index (χ3n) is 3.44. The van der Waals surface area contributed by atoms with Gasteiger partial charge in [-0.3, -0.25) is 0 Å². The van der Waals surface area contributed by atoms with Gasteiger partial charge in [-0.25, -0.2) is 0 Å². The summed E-state index contributed by atoms with van der Waals surface area (Å²) in [6.07, 6.45) is 2.36. The Morgan fingerprint density at radius 2 is 0.923 bits per heavy atom. The van der Waals surface area contributed by atoms with Gasteiger partial charge in [-0.05, 0) is 84.0 Å². The van der Waals surface area contributed by atoms with Crippen molar-refractivity contribution in [3.05, 3.63) is 0 Å². The summed E-state index contributed by atoms with van der Waals surface area (Å²) < 4.78 is 26.5. The Labute approximate surface area is 169 Å². The van der Waals surface area contributed by atoms with Gasteiger partial charge in [0.1, 0.15) is 0 Å². The van der Waals surface area contributed by atoms with E-state index in [2.05, 4.69) is 85.9 Å². The van der Waals surface area contributed by atoms with Crippen LogP contribution in [0.2, 0.25) is 78.1 Å². The highest BCUT2D eigenvalue weighted by Crippen LogP contribution is 2.30. The molecule has 0 aromatic carbocycles. The van der Waals surface area contributed by atoms with Crippen LogP contribution in [0.5, 0.6) is 0 Å². The summed E-state index contributed by atoms with van der Waals surface area (Å²) in [6, 6.07) is 1.02. The molecule has 0 radical (unpaired) electrons. The van der Waals surface area contributed by atoms with Crippen LogP contribution >= 0.6 is 0 Å². The van der Waals surface area contributed by atoms with Gasteiger partial charge in [0.15, 0.2) is 16.6 Å². The molecular formula is C17H46O4Si5. The van der Waals surface area contributed by atoms with Gasteiger partial charge in [-0.1, -0.05) is 26.7 Å². The maximum Gasteiger partial charge on any atom is 0.317 e. The van der Waals surface area contributed by atoms with Gasteiger partial charge in [0.05, 0.1) is 0 Å². The van der Waals surface area contributed by atoms with E-state index < -0.39 is 42.3 Å². The first-order chi connectivity index (χ1) is 11.2. The Kier molecular flexibility index (Phi) is 9.96. The van der Waals surface area contributed by atoms with Crippen molar-refractivity contribution < 1.29 is 16.5 Å². The second-order valence-electron chi connectivity index (χ2n) is 10.9. The highest BCUT2D eigenvalue weighted by Gasteiger charge is 2.46. The number of hydrogen-bond donors (Lipinski definition) is 0. The lowest BCUT2D eigenvalue weighted by Gasteiger charge is -2.43. The molecule has 9 heteroatoms. The fourth-order valence-electron chi connectivity index (χ4n) is 3.51. The first-order valence-electron chi connectivity index (χ1n) is 10.0. The van der Waals surface area contributed by atoms with Crippen molar-refractivity contribution in [3.8, 4) is 0 Å². The lowest BCUT2D eigenvalue weighted by molar-refractivity contribution is 0.291. The van der Waals surface area contributed by atoms with E-state index >= 15 is 0 Å². The first kappa shape index (κ1) is 26.9. The van der Waals surface area contributed by atoms with Gasteiger partial charge in [-0.2, -0.15) is 0 Å². The molecule has 158 valence electrons. The molecule has 0 fully saturated rings. The molecule has 0 rings (SSSR count). The molecular weight excluding hydrogens is 409 g/mol. The Morgan fingerprint density at radius 3 is 1.19 bits per heavy atom. The minimum atomic E-state index is -2.37. The van der Waals surface area contributed by atoms with Gasteiger partial charge in [0.25, 0.3) is 0 Å². The van der Waals surface area contributed by atoms with Gasteiger partial charge < -0.3 is 16.5 Å². The predicted molar refractivity (Wildman–Crippen MR) is 126 cm³/mol. The van der Waals surface area contributed by atoms with Crippen LogP contribution in [0.25, 0.3) is 0 Å². The molecule has 0 atom stereocenters. The zero-order chi connectivity index (χ0) is 21.0. The average molecular weight is 455 g/mol. The molecule has 0 aliphatic heterocycles. The van der Waals surface area contributed by atoms with Crippen molar-refractivity contribution >= 4 is 42.3 Å². The van der Waals surface area contributed by atoms with E-state index in [0.29, 0.717) is 5.92 Å². The van der Waals surface area contributed by atoms with E-state index in [-0.39, 0.29) is 0 Å². The summed E-state index contributed by atoms with van der Waals surface area (Å²) in [7, 11) is -10.1. The molecule has 0 aromatic rings. The summed E-state index contributed by atoms with van der Waals surface area (Å²) in [5, 5.41) is 0. The van der Waals surface area contributed by atoms with Gasteiger partial charge in [0, 0.05) is 0 Å². The summed E-state index contributed by atoms with van der Waals surface area (Å²) in [5.41, 5.74) is 0. The third-order valence-corrected chi connectivity index (χ3v) is 20.9. The molecule has 0 aliphatic carbocycles. The minimum Gasteiger partial charge on any atom is -0.437 e. The number of hydrogen-bond acceptors (Lipinski definition) is 4. The molecule has 0 saturated carbocycles. The van der Waals surface area contributed by atoms with Crippen molar-refractivity contribution in [2.45, 2.75) is 105 Å². The van der Waals surface area contributed by atoms with Crippen molar-refractivity contribution in [2.75, 3.05) is 0 Å². The van der Waals surface area contributed by atoms with Crippen molar-refractivity contribution in [1.29, 1.82) is 0 Å². The Bertz CT molecular complexity index is 398. The fraction of sp³-hybridized carbons (Fsp3) is 1.00. The van der Waals surface area contributed by atoms with Gasteiger partial charge in [-0.15, -0.1) is 0 Å². The van der Waals surface area contributed by atoms with E-state index in [1.54, 1.807) is 0 Å². The Morgan fingerprint density at radius 1 is 0.577 bits per heavy atom. The molecule has 0 amide bonds. The van der Waals surface area contributed by atoms with E-state index in [0.717, 1.165) is 12.5 Å². The van der Waals surface area contributed by atoms with Gasteiger partial charge in [0.2, 0.25) is 0 Å². The van der Waals surface area contributed by atoms with Crippen molar-refractivity contribution in [2.24, 2.45) is 5.92 Å². The molecule has 0 saturated heterocycles. The van der Waals surface area contributed by atoms with E-state index in [1.807, 2.05) is 0 Å². The highest BCUT2D eigenvalue weighted by atomic mass is 28.5. The first-order valence-corrected chi connectivity index (χ1v) is 25.0. The van der Waals surface area contributed by atoms with Crippen LogP contribution in [0.4, 0.5) is 0 Å². The zero-order valence-electron chi connectivity index (χ0n) is 19.8. The molecule has 0 bridgehead atoms. The van der Waals surface area contributed by atoms with Gasteiger partial charge >= 0.3 is 25.7 Å². The van der Waals surface area contributed by atoms with Crippen LogP contribution < -0.4 is 0 Å². The maximum atomic E-state index is 6.77. The monoisotopic (exact) mass is 454 g/mol. The SMILES string of the molecule is CC(C)CCC[Si](C)(O[Si](C)(C)O[Si](C)(C)C)O[Si](C)(C)O[Si](C)(C)C. The lowest BCUT2D eigenvalue weighted by atomic mass is 10.1. The van der Waals surface area contributed by atoms with Crippen LogP contribution in [0.1, 0.15) is 26.7 Å². The largest absolute Gasteiger partial charge is 0.437 e. The molecule has 0 N–H and O–H groups in total. The van der Waals surface area contributed by atoms with Crippen molar-refractivity contribution in [3.63, 3.8) is 0 Å². The van der Waals surface area contributed by atoms with Crippen LogP contribution in [0, 0.1) is 5.92 Å². The predicted octanol–water partition coefficient (Wildman–Crippen LogP) is 6.63. The average Bonchev–Trinajstić information content (AvgIpc) is 2.16. The minimum absolute atomic E-state index is 0.709. The smallest absolute Gasteiger partial charge is 0.317 e. The summed E-state index contributed by atoms with van der Waals surface area (Å²) >= 11 is 0. The fourth-order valence-corrected chi connectivity index (χ4v) is 26.9. The molecule has 26 heavy (non-hydrogen) atoms. The second-order valence-corrected chi connectivity index (χ2v) is 30.9. The topological polar surface area (TPSA) is 36.9 Å². The normalized spacial score (nSPS) is 15.0. The zero-order valence-corrected chi connectivity index (χ0v) is 24.8. The molecule has 0 aromatic heterocycles. The van der Waals surface area contributed by atoms with Crippen LogP contribution in [0.15, 0.2) is 0 Å². The molecule has 0 spiro atoms. The van der Waals surface area contributed by atoms with Crippen LogP contribution in [-0.4, -0.2) is 42.3 Å². The number of rotatable bonds is 12. The molecule has 0 heterocycles. The van der Waals surface area contributed by atoms with E-state index in [9.17, 15) is 0 Å². The van der Waals surface area contributed by atoms with E-state index in [4.69, 9.17) is 16.5 Å². The van der Waals surface area contributed by atoms with E-state index in [1.165, 1.54) is 6.42 Å². The quantitative estimate of drug-likeness (QED) is 0.310. The van der Waals surface area contributed by atoms with Crippen LogP contribution in [-0.2, 0) is 16.5 Å². The van der Waals surface area contributed by atoms with Crippen molar-refractivity contribution in [1.82, 2.24) is 0 Å². The molecule has 0 aliphatic rings. The summed E-state index contributed by atoms with van der Waals surface area (Å²) in [5.74, 6) is 0.709. The standard InChI is InChI=1S/C17H46O4Si5/c1-17(2)15-14-16-26(13,20-24(9,10)18-22(3,4)5)21-25(11,12)19-23(6,7)8/h17H,14-16H2,1-13H3. The maximum absolute atomic E-state index is 6.77. The second kappa shape index (κ2) is 9.62. The molecule has 4 nitrogen and oxygen atoms in total. The molecule has 0 unspecified atom stereocenters. The summed E-state index contributed by atoms with van der Waals surface area (Å²) in [6.45, 7) is 28.9. The Hall–Kier alpha value is 0.924. The van der Waals surface area contributed by atoms with Crippen LogP contribution in [0.3, 0.4) is 0 Å². The third kappa shape index (κ3) is 14.0. The lowest BCUT2D eigenvalue weighted by Crippen LogP contribution is -2.59. The Balaban J connectivity index is 5.34.